The van der Waals surface area contributed by atoms with Crippen LogP contribution in [0.2, 0.25) is 0 Å². The summed E-state index contributed by atoms with van der Waals surface area (Å²) in [5.41, 5.74) is 4.69. The first-order valence-corrected chi connectivity index (χ1v) is 13.8. The molecule has 2 aliphatic rings. The second kappa shape index (κ2) is 11.6. The molecule has 1 heterocycles. The minimum absolute atomic E-state index is 0.0186. The summed E-state index contributed by atoms with van der Waals surface area (Å²) in [4.78, 5) is 32.3. The Morgan fingerprint density at radius 3 is 2.41 bits per heavy atom. The highest BCUT2D eigenvalue weighted by Gasteiger charge is 2.45. The van der Waals surface area contributed by atoms with Gasteiger partial charge in [0.05, 0.1) is 18.2 Å². The first-order chi connectivity index (χ1) is 18.9. The van der Waals surface area contributed by atoms with Gasteiger partial charge in [-0.3, -0.25) is 14.6 Å². The number of Topliss-reactive ketones (excluding diaryl/α,β-unsaturated/α-hetero) is 1. The molecule has 7 heteroatoms. The van der Waals surface area contributed by atoms with Gasteiger partial charge in [0, 0.05) is 35.7 Å². The fourth-order valence-electron chi connectivity index (χ4n) is 5.62. The lowest BCUT2D eigenvalue weighted by Gasteiger charge is -2.36. The highest BCUT2D eigenvalue weighted by molar-refractivity contribution is 9.10. The molecule has 3 aromatic carbocycles. The Labute approximate surface area is 236 Å². The van der Waals surface area contributed by atoms with Crippen LogP contribution in [0.1, 0.15) is 48.3 Å². The summed E-state index contributed by atoms with van der Waals surface area (Å²) in [5.74, 6) is -1.62. The molecule has 0 radical (unpaired) electrons. The zero-order valence-corrected chi connectivity index (χ0v) is 23.5. The molecule has 0 bridgehead atoms. The smallest absolute Gasteiger partial charge is 0.315 e. The summed E-state index contributed by atoms with van der Waals surface area (Å²) in [6.07, 6.45) is 1.52. The number of nitrogens with zero attached hydrogens (tertiary/aromatic N) is 1. The third kappa shape index (κ3) is 5.55. The average molecular weight is 588 g/mol. The number of methoxy groups -OCH3 is 1. The van der Waals surface area contributed by atoms with Crippen molar-refractivity contribution in [2.75, 3.05) is 13.7 Å². The van der Waals surface area contributed by atoms with Crippen LogP contribution in [-0.4, -0.2) is 36.3 Å². The Hall–Kier alpha value is -3.71. The third-order valence-electron chi connectivity index (χ3n) is 7.52. The molecular formula is C32H30BrNO5. The molecule has 3 aromatic rings. The van der Waals surface area contributed by atoms with Crippen LogP contribution < -0.4 is 4.74 Å². The number of halogens is 1. The Bertz CT molecular complexity index is 1450. The standard InChI is InChI=1S/C32H30BrNO5/c1-19-28(32(37)39-14-13-20-9-5-3-6-10-20)29(23-15-24(33)31(36)27(18-23)38-2)30-25(34-19)16-22(17-26(30)35)21-11-7-4-8-12-21/h3-12,15,18,22,28-29,36H,13-14,16-17H2,1-2H3/t22-,28?,29+/m0/s1. The molecule has 1 aliphatic carbocycles. The lowest BCUT2D eigenvalue weighted by Crippen LogP contribution is -2.38. The highest BCUT2D eigenvalue weighted by Crippen LogP contribution is 2.49. The largest absolute Gasteiger partial charge is 0.503 e. The van der Waals surface area contributed by atoms with Crippen LogP contribution in [0.15, 0.2) is 93.5 Å². The number of phenolic OH excluding ortho intramolecular Hbond substituents is 1. The van der Waals surface area contributed by atoms with E-state index in [1.165, 1.54) is 7.11 Å². The number of carbonyl (C=O) groups excluding carboxylic acids is 2. The van der Waals surface area contributed by atoms with Crippen LogP contribution in [0.4, 0.5) is 0 Å². The number of ketones is 1. The number of aliphatic imine (C=N–C) groups is 1. The van der Waals surface area contributed by atoms with Gasteiger partial charge < -0.3 is 14.6 Å². The number of aromatic hydroxyl groups is 1. The predicted octanol–water partition coefficient (Wildman–Crippen LogP) is 6.52. The number of esters is 1. The predicted molar refractivity (Wildman–Crippen MR) is 153 cm³/mol. The Kier molecular flexibility index (Phi) is 7.98. The molecular weight excluding hydrogens is 558 g/mol. The van der Waals surface area contributed by atoms with E-state index in [2.05, 4.69) is 15.9 Å². The normalized spacial score (nSPS) is 20.7. The number of benzene rings is 3. The van der Waals surface area contributed by atoms with E-state index in [-0.39, 0.29) is 29.8 Å². The van der Waals surface area contributed by atoms with E-state index in [1.807, 2.05) is 67.6 Å². The zero-order chi connectivity index (χ0) is 27.5. The summed E-state index contributed by atoms with van der Waals surface area (Å²) in [6, 6.07) is 23.2. The van der Waals surface area contributed by atoms with E-state index >= 15 is 0 Å². The maximum atomic E-state index is 13.8. The first kappa shape index (κ1) is 26.9. The van der Waals surface area contributed by atoms with Crippen LogP contribution in [0.3, 0.4) is 0 Å². The number of hydrogen-bond donors (Lipinski definition) is 1. The SMILES string of the molecule is COc1cc([C@H]2C3=C(C[C@H](c4ccccc4)CC3=O)N=C(C)C2C(=O)OCCc2ccccc2)cc(Br)c1O. The molecule has 0 saturated carbocycles. The van der Waals surface area contributed by atoms with Crippen molar-refractivity contribution in [2.45, 2.75) is 38.0 Å². The number of phenols is 1. The molecule has 3 atom stereocenters. The molecule has 1 unspecified atom stereocenters. The molecule has 0 fully saturated rings. The topological polar surface area (TPSA) is 85.2 Å². The van der Waals surface area contributed by atoms with Crippen molar-refractivity contribution >= 4 is 33.4 Å². The van der Waals surface area contributed by atoms with Gasteiger partial charge in [-0.2, -0.15) is 0 Å². The quantitative estimate of drug-likeness (QED) is 0.318. The molecule has 5 rings (SSSR count). The summed E-state index contributed by atoms with van der Waals surface area (Å²) in [5, 5.41) is 10.5. The fraction of sp³-hybridized carbons (Fsp3) is 0.281. The second-order valence-electron chi connectivity index (χ2n) is 9.96. The number of carbonyl (C=O) groups is 2. The van der Waals surface area contributed by atoms with E-state index in [0.29, 0.717) is 46.3 Å². The van der Waals surface area contributed by atoms with Crippen molar-refractivity contribution < 1.29 is 24.2 Å². The minimum atomic E-state index is -0.780. The van der Waals surface area contributed by atoms with Gasteiger partial charge in [-0.05, 0) is 64.0 Å². The van der Waals surface area contributed by atoms with Gasteiger partial charge in [-0.25, -0.2) is 0 Å². The summed E-state index contributed by atoms with van der Waals surface area (Å²) >= 11 is 3.41. The summed E-state index contributed by atoms with van der Waals surface area (Å²) < 4.78 is 11.6. The molecule has 39 heavy (non-hydrogen) atoms. The molecule has 0 aromatic heterocycles. The van der Waals surface area contributed by atoms with E-state index in [1.54, 1.807) is 12.1 Å². The molecule has 1 aliphatic heterocycles. The fourth-order valence-corrected chi connectivity index (χ4v) is 6.08. The van der Waals surface area contributed by atoms with Gasteiger partial charge >= 0.3 is 5.97 Å². The van der Waals surface area contributed by atoms with Crippen molar-refractivity contribution in [1.29, 1.82) is 0 Å². The second-order valence-corrected chi connectivity index (χ2v) is 10.8. The maximum absolute atomic E-state index is 13.8. The van der Waals surface area contributed by atoms with Crippen molar-refractivity contribution in [1.82, 2.24) is 0 Å². The summed E-state index contributed by atoms with van der Waals surface area (Å²) in [7, 11) is 1.47. The lowest BCUT2D eigenvalue weighted by atomic mass is 9.69. The van der Waals surface area contributed by atoms with E-state index in [4.69, 9.17) is 14.5 Å². The minimum Gasteiger partial charge on any atom is -0.503 e. The van der Waals surface area contributed by atoms with Crippen molar-refractivity contribution in [3.63, 3.8) is 0 Å². The van der Waals surface area contributed by atoms with E-state index in [0.717, 1.165) is 11.1 Å². The highest BCUT2D eigenvalue weighted by atomic mass is 79.9. The van der Waals surface area contributed by atoms with Gasteiger partial charge in [-0.15, -0.1) is 0 Å². The van der Waals surface area contributed by atoms with Crippen molar-refractivity contribution in [3.8, 4) is 11.5 Å². The Morgan fingerprint density at radius 1 is 1.03 bits per heavy atom. The van der Waals surface area contributed by atoms with E-state index < -0.39 is 17.8 Å². The van der Waals surface area contributed by atoms with E-state index in [9.17, 15) is 14.7 Å². The van der Waals surface area contributed by atoms with Crippen molar-refractivity contribution in [2.24, 2.45) is 10.9 Å². The van der Waals surface area contributed by atoms with Crippen LogP contribution >= 0.6 is 15.9 Å². The lowest BCUT2D eigenvalue weighted by molar-refractivity contribution is -0.146. The third-order valence-corrected chi connectivity index (χ3v) is 8.13. The van der Waals surface area contributed by atoms with Gasteiger partial charge in [-0.1, -0.05) is 60.7 Å². The van der Waals surface area contributed by atoms with Crippen LogP contribution in [0, 0.1) is 5.92 Å². The maximum Gasteiger partial charge on any atom is 0.315 e. The molecule has 0 amide bonds. The average Bonchev–Trinajstić information content (AvgIpc) is 2.94. The molecule has 0 saturated heterocycles. The van der Waals surface area contributed by atoms with Crippen molar-refractivity contribution in [3.05, 3.63) is 105 Å². The van der Waals surface area contributed by atoms with Gasteiger partial charge in [0.25, 0.3) is 0 Å². The van der Waals surface area contributed by atoms with Gasteiger partial charge in [0.15, 0.2) is 17.3 Å². The van der Waals surface area contributed by atoms with Gasteiger partial charge in [0.2, 0.25) is 0 Å². The molecule has 6 nitrogen and oxygen atoms in total. The first-order valence-electron chi connectivity index (χ1n) is 13.0. The van der Waals surface area contributed by atoms with Crippen LogP contribution in [0.5, 0.6) is 11.5 Å². The van der Waals surface area contributed by atoms with Gasteiger partial charge in [0.1, 0.15) is 5.92 Å². The van der Waals surface area contributed by atoms with Crippen LogP contribution in [0.25, 0.3) is 0 Å². The number of hydrogen-bond acceptors (Lipinski definition) is 6. The zero-order valence-electron chi connectivity index (χ0n) is 21.9. The number of ether oxygens (including phenoxy) is 2. The monoisotopic (exact) mass is 587 g/mol. The Morgan fingerprint density at radius 2 is 1.72 bits per heavy atom. The molecule has 1 N–H and O–H groups in total. The summed E-state index contributed by atoms with van der Waals surface area (Å²) in [6.45, 7) is 2.04. The number of rotatable bonds is 7. The number of allylic oxidation sites excluding steroid dienone is 2. The molecule has 200 valence electrons. The van der Waals surface area contributed by atoms with Crippen LogP contribution in [-0.2, 0) is 20.7 Å². The molecule has 0 spiro atoms. The Balaban J connectivity index is 1.52.